The Labute approximate surface area is 133 Å². The summed E-state index contributed by atoms with van der Waals surface area (Å²) >= 11 is 1.50. The van der Waals surface area contributed by atoms with Crippen LogP contribution in [0.4, 0.5) is 4.39 Å². The summed E-state index contributed by atoms with van der Waals surface area (Å²) in [6.07, 6.45) is -0.412. The molecule has 1 aromatic heterocycles. The normalized spacial score (nSPS) is 13.6. The minimum Gasteiger partial charge on any atom is -0.388 e. The van der Waals surface area contributed by atoms with Gasteiger partial charge in [0.1, 0.15) is 10.8 Å². The fraction of sp³-hybridized carbons (Fsp3) is 0.375. The fourth-order valence-electron chi connectivity index (χ4n) is 2.13. The van der Waals surface area contributed by atoms with Crippen LogP contribution < -0.4 is 5.32 Å². The van der Waals surface area contributed by atoms with Crippen LogP contribution in [0.3, 0.4) is 0 Å². The van der Waals surface area contributed by atoms with E-state index in [0.29, 0.717) is 5.56 Å². The molecule has 1 heterocycles. The van der Waals surface area contributed by atoms with Gasteiger partial charge >= 0.3 is 0 Å². The van der Waals surface area contributed by atoms with Crippen LogP contribution in [0.15, 0.2) is 29.6 Å². The summed E-state index contributed by atoms with van der Waals surface area (Å²) in [5.41, 5.74) is 1.32. The Morgan fingerprint density at radius 3 is 2.86 bits per heavy atom. The molecule has 2 aromatic rings. The molecule has 0 radical (unpaired) electrons. The van der Waals surface area contributed by atoms with Gasteiger partial charge in [0, 0.05) is 11.1 Å². The van der Waals surface area contributed by atoms with Crippen LogP contribution in [-0.2, 0) is 4.79 Å². The van der Waals surface area contributed by atoms with Crippen LogP contribution in [0.5, 0.6) is 0 Å². The van der Waals surface area contributed by atoms with Crippen molar-refractivity contribution in [2.24, 2.45) is 0 Å². The van der Waals surface area contributed by atoms with Gasteiger partial charge in [-0.15, -0.1) is 11.3 Å². The Hall–Kier alpha value is -1.79. The van der Waals surface area contributed by atoms with Gasteiger partial charge in [-0.3, -0.25) is 4.79 Å². The van der Waals surface area contributed by atoms with Crippen molar-refractivity contribution in [2.45, 2.75) is 38.8 Å². The molecule has 0 saturated heterocycles. The Morgan fingerprint density at radius 1 is 1.50 bits per heavy atom. The van der Waals surface area contributed by atoms with E-state index in [0.717, 1.165) is 17.1 Å². The van der Waals surface area contributed by atoms with E-state index in [1.807, 2.05) is 19.2 Å². The van der Waals surface area contributed by atoms with Gasteiger partial charge in [0.2, 0.25) is 5.91 Å². The van der Waals surface area contributed by atoms with Crippen LogP contribution in [0.2, 0.25) is 0 Å². The first kappa shape index (κ1) is 16.6. The Balaban J connectivity index is 1.96. The van der Waals surface area contributed by atoms with Gasteiger partial charge in [0.15, 0.2) is 0 Å². The number of carbonyl (C=O) groups is 1. The third-order valence-corrected chi connectivity index (χ3v) is 4.37. The summed E-state index contributed by atoms with van der Waals surface area (Å²) in [4.78, 5) is 16.4. The lowest BCUT2D eigenvalue weighted by atomic mass is 10.1. The van der Waals surface area contributed by atoms with E-state index in [2.05, 4.69) is 10.3 Å². The van der Waals surface area contributed by atoms with Gasteiger partial charge < -0.3 is 10.4 Å². The maximum atomic E-state index is 13.1. The SMILES string of the molecule is CCC(NC(=O)CC(O)c1cccc(F)c1)c1nc(C)cs1. The van der Waals surface area contributed by atoms with Gasteiger partial charge in [-0.25, -0.2) is 9.37 Å². The van der Waals surface area contributed by atoms with Crippen molar-refractivity contribution in [1.82, 2.24) is 10.3 Å². The Bertz CT molecular complexity index is 645. The van der Waals surface area contributed by atoms with Gasteiger partial charge in [-0.2, -0.15) is 0 Å². The number of aromatic nitrogens is 1. The zero-order valence-corrected chi connectivity index (χ0v) is 13.4. The molecule has 2 unspecified atom stereocenters. The average molecular weight is 322 g/mol. The van der Waals surface area contributed by atoms with Crippen molar-refractivity contribution >= 4 is 17.2 Å². The largest absolute Gasteiger partial charge is 0.388 e. The summed E-state index contributed by atoms with van der Waals surface area (Å²) in [7, 11) is 0. The molecule has 0 fully saturated rings. The molecule has 6 heteroatoms. The van der Waals surface area contributed by atoms with Gasteiger partial charge in [0.25, 0.3) is 0 Å². The first-order chi connectivity index (χ1) is 10.5. The highest BCUT2D eigenvalue weighted by Gasteiger charge is 2.19. The number of nitrogens with one attached hydrogen (secondary N) is 1. The number of aliphatic hydroxyl groups excluding tert-OH is 1. The minimum atomic E-state index is -1.02. The standard InChI is InChI=1S/C16H19FN2O2S/c1-3-13(16-18-10(2)9-22-16)19-15(21)8-14(20)11-5-4-6-12(17)7-11/h4-7,9,13-14,20H,3,8H2,1-2H3,(H,19,21). The van der Waals surface area contributed by atoms with Crippen LogP contribution in [0.25, 0.3) is 0 Å². The Morgan fingerprint density at radius 2 is 2.27 bits per heavy atom. The Kier molecular flexibility index (Phi) is 5.63. The van der Waals surface area contributed by atoms with Gasteiger partial charge in [-0.05, 0) is 31.0 Å². The van der Waals surface area contributed by atoms with Crippen molar-refractivity contribution in [3.8, 4) is 0 Å². The van der Waals surface area contributed by atoms with Crippen LogP contribution in [0.1, 0.15) is 48.2 Å². The molecule has 0 aliphatic carbocycles. The summed E-state index contributed by atoms with van der Waals surface area (Å²) in [6, 6.07) is 5.49. The van der Waals surface area contributed by atoms with E-state index in [9.17, 15) is 14.3 Å². The second-order valence-electron chi connectivity index (χ2n) is 5.13. The van der Waals surface area contributed by atoms with E-state index < -0.39 is 11.9 Å². The van der Waals surface area contributed by atoms with Gasteiger partial charge in [0.05, 0.1) is 18.6 Å². The molecule has 0 aliphatic heterocycles. The number of rotatable bonds is 6. The van der Waals surface area contributed by atoms with E-state index >= 15 is 0 Å². The van der Waals surface area contributed by atoms with E-state index in [1.54, 1.807) is 6.07 Å². The number of aryl methyl sites for hydroxylation is 1. The van der Waals surface area contributed by atoms with Crippen LogP contribution >= 0.6 is 11.3 Å². The van der Waals surface area contributed by atoms with Crippen molar-refractivity contribution < 1.29 is 14.3 Å². The quantitative estimate of drug-likeness (QED) is 0.858. The van der Waals surface area contributed by atoms with E-state index in [-0.39, 0.29) is 18.4 Å². The number of carbonyl (C=O) groups excluding carboxylic acids is 1. The van der Waals surface area contributed by atoms with Crippen molar-refractivity contribution in [1.29, 1.82) is 0 Å². The smallest absolute Gasteiger partial charge is 0.223 e. The predicted octanol–water partition coefficient (Wildman–Crippen LogP) is 3.28. The molecule has 1 aromatic carbocycles. The number of amides is 1. The highest BCUT2D eigenvalue weighted by molar-refractivity contribution is 7.09. The average Bonchev–Trinajstić information content (AvgIpc) is 2.91. The number of halogens is 1. The molecule has 2 N–H and O–H groups in total. The lowest BCUT2D eigenvalue weighted by Crippen LogP contribution is -2.29. The molecule has 4 nitrogen and oxygen atoms in total. The number of hydrogen-bond donors (Lipinski definition) is 2. The van der Waals surface area contributed by atoms with Gasteiger partial charge in [-0.1, -0.05) is 19.1 Å². The van der Waals surface area contributed by atoms with Crippen molar-refractivity contribution in [2.75, 3.05) is 0 Å². The van der Waals surface area contributed by atoms with E-state index in [4.69, 9.17) is 0 Å². The molecular weight excluding hydrogens is 303 g/mol. The molecule has 118 valence electrons. The van der Waals surface area contributed by atoms with Crippen LogP contribution in [-0.4, -0.2) is 16.0 Å². The highest BCUT2D eigenvalue weighted by atomic mass is 32.1. The third-order valence-electron chi connectivity index (χ3n) is 3.29. The van der Waals surface area contributed by atoms with Crippen molar-refractivity contribution in [3.05, 3.63) is 51.7 Å². The maximum Gasteiger partial charge on any atom is 0.223 e. The lowest BCUT2D eigenvalue weighted by Gasteiger charge is -2.16. The molecule has 0 bridgehead atoms. The second-order valence-corrected chi connectivity index (χ2v) is 6.02. The number of aliphatic hydroxyl groups is 1. The van der Waals surface area contributed by atoms with Crippen LogP contribution in [0, 0.1) is 12.7 Å². The molecule has 0 spiro atoms. The zero-order chi connectivity index (χ0) is 16.1. The lowest BCUT2D eigenvalue weighted by molar-refractivity contribution is -0.123. The topological polar surface area (TPSA) is 62.2 Å². The van der Waals surface area contributed by atoms with Crippen molar-refractivity contribution in [3.63, 3.8) is 0 Å². The number of nitrogens with zero attached hydrogens (tertiary/aromatic N) is 1. The monoisotopic (exact) mass is 322 g/mol. The highest BCUT2D eigenvalue weighted by Crippen LogP contribution is 2.22. The number of thiazole rings is 1. The summed E-state index contributed by atoms with van der Waals surface area (Å²) < 4.78 is 13.1. The third kappa shape index (κ3) is 4.35. The molecule has 0 aliphatic rings. The summed E-state index contributed by atoms with van der Waals surface area (Å²) in [6.45, 7) is 3.87. The molecule has 0 saturated carbocycles. The second kappa shape index (κ2) is 7.47. The first-order valence-corrected chi connectivity index (χ1v) is 8.02. The number of benzene rings is 1. The minimum absolute atomic E-state index is 0.107. The molecule has 1 amide bonds. The fourth-order valence-corrected chi connectivity index (χ4v) is 3.06. The predicted molar refractivity (Wildman–Crippen MR) is 84.0 cm³/mol. The molecular formula is C16H19FN2O2S. The summed E-state index contributed by atoms with van der Waals surface area (Å²) in [5.74, 6) is -0.710. The maximum absolute atomic E-state index is 13.1. The summed E-state index contributed by atoms with van der Waals surface area (Å²) in [5, 5.41) is 15.7. The first-order valence-electron chi connectivity index (χ1n) is 7.14. The number of hydrogen-bond acceptors (Lipinski definition) is 4. The molecule has 22 heavy (non-hydrogen) atoms. The zero-order valence-electron chi connectivity index (χ0n) is 12.5. The molecule has 2 atom stereocenters. The van der Waals surface area contributed by atoms with E-state index in [1.165, 1.54) is 29.5 Å². The molecule has 2 rings (SSSR count).